The maximum atomic E-state index is 12.3. The lowest BCUT2D eigenvalue weighted by molar-refractivity contribution is 0.0491. The number of ether oxygens (including phenoxy) is 1. The molecule has 3 rings (SSSR count). The van der Waals surface area contributed by atoms with Crippen molar-refractivity contribution < 1.29 is 9.53 Å². The first kappa shape index (κ1) is 11.6. The van der Waals surface area contributed by atoms with Crippen molar-refractivity contribution in [2.24, 2.45) is 0 Å². The predicted molar refractivity (Wildman–Crippen MR) is 68.6 cm³/mol. The molecule has 0 radical (unpaired) electrons. The Bertz CT molecular complexity index is 610. The third kappa shape index (κ3) is 2.27. The van der Waals surface area contributed by atoms with Crippen LogP contribution in [0.1, 0.15) is 21.7 Å². The van der Waals surface area contributed by atoms with E-state index in [1.165, 1.54) is 0 Å². The number of hydrogen-bond donors (Lipinski definition) is 0. The highest BCUT2D eigenvalue weighted by molar-refractivity contribution is 5.97. The third-order valence-electron chi connectivity index (χ3n) is 2.95. The summed E-state index contributed by atoms with van der Waals surface area (Å²) in [6.45, 7) is 2.51. The van der Waals surface area contributed by atoms with Crippen LogP contribution >= 0.6 is 0 Å². The minimum atomic E-state index is -0.0500. The van der Waals surface area contributed by atoms with Gasteiger partial charge in [0.15, 0.2) is 6.73 Å². The van der Waals surface area contributed by atoms with E-state index < -0.39 is 0 Å². The topological polar surface area (TPSA) is 55.3 Å². The molecule has 96 valence electrons. The molecule has 0 unspecified atom stereocenters. The van der Waals surface area contributed by atoms with E-state index in [2.05, 4.69) is 9.97 Å². The van der Waals surface area contributed by atoms with Crippen LogP contribution in [0.25, 0.3) is 0 Å². The van der Waals surface area contributed by atoms with Gasteiger partial charge in [0.25, 0.3) is 5.91 Å². The number of carbonyl (C=O) groups is 1. The smallest absolute Gasteiger partial charge is 0.260 e. The van der Waals surface area contributed by atoms with Gasteiger partial charge in [0.1, 0.15) is 11.6 Å². The van der Waals surface area contributed by atoms with Gasteiger partial charge in [-0.15, -0.1) is 0 Å². The van der Waals surface area contributed by atoms with Crippen molar-refractivity contribution in [2.45, 2.75) is 13.5 Å². The van der Waals surface area contributed by atoms with Gasteiger partial charge in [-0.2, -0.15) is 0 Å². The molecule has 19 heavy (non-hydrogen) atoms. The zero-order valence-corrected chi connectivity index (χ0v) is 10.5. The van der Waals surface area contributed by atoms with Crippen molar-refractivity contribution in [1.29, 1.82) is 0 Å². The Morgan fingerprint density at radius 2 is 2.00 bits per heavy atom. The Morgan fingerprint density at radius 1 is 1.26 bits per heavy atom. The van der Waals surface area contributed by atoms with Crippen LogP contribution in [0.5, 0.6) is 5.75 Å². The molecule has 0 atom stereocenters. The summed E-state index contributed by atoms with van der Waals surface area (Å²) in [6, 6.07) is 7.24. The van der Waals surface area contributed by atoms with Crippen LogP contribution in [0.4, 0.5) is 0 Å². The number of carbonyl (C=O) groups excluding carboxylic acids is 1. The second-order valence-corrected chi connectivity index (χ2v) is 4.45. The molecule has 0 saturated heterocycles. The van der Waals surface area contributed by atoms with E-state index in [9.17, 15) is 4.79 Å². The van der Waals surface area contributed by atoms with Crippen LogP contribution in [0.2, 0.25) is 0 Å². The molecule has 0 bridgehead atoms. The average Bonchev–Trinajstić information content (AvgIpc) is 2.45. The lowest BCUT2D eigenvalue weighted by Crippen LogP contribution is -2.38. The van der Waals surface area contributed by atoms with Gasteiger partial charge in [-0.1, -0.05) is 12.1 Å². The van der Waals surface area contributed by atoms with Crippen LogP contribution in [0, 0.1) is 6.92 Å². The molecule has 1 amide bonds. The lowest BCUT2D eigenvalue weighted by atomic mass is 10.1. The van der Waals surface area contributed by atoms with Gasteiger partial charge in [-0.3, -0.25) is 9.69 Å². The fourth-order valence-corrected chi connectivity index (χ4v) is 1.93. The average molecular weight is 255 g/mol. The first-order valence-electron chi connectivity index (χ1n) is 6.02. The maximum absolute atomic E-state index is 12.3. The quantitative estimate of drug-likeness (QED) is 0.820. The number of aryl methyl sites for hydroxylation is 1. The summed E-state index contributed by atoms with van der Waals surface area (Å²) in [5.41, 5.74) is 1.58. The molecular weight excluding hydrogens is 242 g/mol. The van der Waals surface area contributed by atoms with Crippen molar-refractivity contribution in [1.82, 2.24) is 14.9 Å². The van der Waals surface area contributed by atoms with Crippen LogP contribution in [0.15, 0.2) is 36.7 Å². The van der Waals surface area contributed by atoms with E-state index in [0.29, 0.717) is 23.7 Å². The number of fused-ring (bicyclic) bond motifs is 1. The largest absolute Gasteiger partial charge is 0.472 e. The van der Waals surface area contributed by atoms with Gasteiger partial charge in [-0.25, -0.2) is 9.97 Å². The molecule has 1 aromatic heterocycles. The van der Waals surface area contributed by atoms with Crippen LogP contribution in [-0.4, -0.2) is 27.5 Å². The van der Waals surface area contributed by atoms with Crippen molar-refractivity contribution in [3.8, 4) is 5.75 Å². The van der Waals surface area contributed by atoms with Crippen LogP contribution in [0.3, 0.4) is 0 Å². The monoisotopic (exact) mass is 255 g/mol. The third-order valence-corrected chi connectivity index (χ3v) is 2.95. The highest BCUT2D eigenvalue weighted by Crippen LogP contribution is 2.24. The second-order valence-electron chi connectivity index (χ2n) is 4.45. The molecule has 0 aliphatic carbocycles. The SMILES string of the molecule is Cc1cnc(CN2COc3ccccc3C2=O)nc1. The van der Waals surface area contributed by atoms with E-state index in [-0.39, 0.29) is 12.6 Å². The van der Waals surface area contributed by atoms with Gasteiger partial charge < -0.3 is 4.74 Å². The Hall–Kier alpha value is -2.43. The number of hydrogen-bond acceptors (Lipinski definition) is 4. The van der Waals surface area contributed by atoms with Crippen molar-refractivity contribution in [3.05, 3.63) is 53.6 Å². The summed E-state index contributed by atoms with van der Waals surface area (Å²) in [7, 11) is 0. The fourth-order valence-electron chi connectivity index (χ4n) is 1.93. The lowest BCUT2D eigenvalue weighted by Gasteiger charge is -2.28. The van der Waals surface area contributed by atoms with Gasteiger partial charge in [0.05, 0.1) is 12.1 Å². The Morgan fingerprint density at radius 3 is 2.79 bits per heavy atom. The molecule has 1 aromatic carbocycles. The highest BCUT2D eigenvalue weighted by atomic mass is 16.5. The number of aromatic nitrogens is 2. The van der Waals surface area contributed by atoms with Crippen molar-refractivity contribution in [3.63, 3.8) is 0 Å². The van der Waals surface area contributed by atoms with Gasteiger partial charge >= 0.3 is 0 Å². The Labute approximate surface area is 110 Å². The summed E-state index contributed by atoms with van der Waals surface area (Å²) in [6.07, 6.45) is 3.48. The van der Waals surface area contributed by atoms with E-state index in [4.69, 9.17) is 4.74 Å². The molecule has 1 aliphatic rings. The van der Waals surface area contributed by atoms with Gasteiger partial charge in [0.2, 0.25) is 0 Å². The van der Waals surface area contributed by atoms with E-state index >= 15 is 0 Å². The summed E-state index contributed by atoms with van der Waals surface area (Å²) < 4.78 is 5.55. The Kier molecular flexibility index (Phi) is 2.87. The zero-order chi connectivity index (χ0) is 13.2. The second kappa shape index (κ2) is 4.68. The van der Waals surface area contributed by atoms with E-state index in [1.807, 2.05) is 19.1 Å². The number of amides is 1. The number of rotatable bonds is 2. The maximum Gasteiger partial charge on any atom is 0.260 e. The summed E-state index contributed by atoms with van der Waals surface area (Å²) >= 11 is 0. The van der Waals surface area contributed by atoms with Crippen molar-refractivity contribution >= 4 is 5.91 Å². The molecular formula is C14H13N3O2. The van der Waals surface area contributed by atoms with Crippen LogP contribution < -0.4 is 4.74 Å². The summed E-state index contributed by atoms with van der Waals surface area (Å²) in [5.74, 6) is 1.20. The molecule has 5 nitrogen and oxygen atoms in total. The minimum absolute atomic E-state index is 0.0500. The van der Waals surface area contributed by atoms with Crippen LogP contribution in [-0.2, 0) is 6.54 Å². The molecule has 2 aromatic rings. The van der Waals surface area contributed by atoms with E-state index in [0.717, 1.165) is 5.56 Å². The summed E-state index contributed by atoms with van der Waals surface area (Å²) in [4.78, 5) is 22.3. The molecule has 5 heteroatoms. The number of benzene rings is 1. The fraction of sp³-hybridized carbons (Fsp3) is 0.214. The molecule has 0 saturated carbocycles. The van der Waals surface area contributed by atoms with Gasteiger partial charge in [-0.05, 0) is 24.6 Å². The molecule has 0 fully saturated rings. The molecule has 1 aliphatic heterocycles. The molecule has 2 heterocycles. The van der Waals surface area contributed by atoms with Crippen molar-refractivity contribution in [2.75, 3.05) is 6.73 Å². The van der Waals surface area contributed by atoms with Gasteiger partial charge in [0, 0.05) is 12.4 Å². The highest BCUT2D eigenvalue weighted by Gasteiger charge is 2.25. The summed E-state index contributed by atoms with van der Waals surface area (Å²) in [5, 5.41) is 0. The zero-order valence-electron chi connectivity index (χ0n) is 10.5. The number of nitrogens with zero attached hydrogens (tertiary/aromatic N) is 3. The molecule has 0 spiro atoms. The number of para-hydroxylation sites is 1. The molecule has 0 N–H and O–H groups in total. The Balaban J connectivity index is 1.81. The first-order chi connectivity index (χ1) is 9.24. The van der Waals surface area contributed by atoms with E-state index in [1.54, 1.807) is 29.4 Å². The standard InChI is InChI=1S/C14H13N3O2/c1-10-6-15-13(16-7-10)8-17-9-19-12-5-3-2-4-11(12)14(17)18/h2-7H,8-9H2,1H3. The first-order valence-corrected chi connectivity index (χ1v) is 6.02. The predicted octanol–water partition coefficient (Wildman–Crippen LogP) is 1.78. The minimum Gasteiger partial charge on any atom is -0.472 e. The normalized spacial score (nSPS) is 13.9.